The van der Waals surface area contributed by atoms with Crippen LogP contribution in [-0.4, -0.2) is 21.0 Å². The summed E-state index contributed by atoms with van der Waals surface area (Å²) in [4.78, 5) is 30.0. The predicted molar refractivity (Wildman–Crippen MR) is 92.2 cm³/mol. The fourth-order valence-corrected chi connectivity index (χ4v) is 3.37. The molecule has 1 saturated heterocycles. The Kier molecular flexibility index (Phi) is 4.71. The second-order valence-electron chi connectivity index (χ2n) is 4.78. The Morgan fingerprint density at radius 2 is 1.87 bits per heavy atom. The number of hydrogen-bond donors (Lipinski definition) is 0. The summed E-state index contributed by atoms with van der Waals surface area (Å²) >= 11 is 12.9. The van der Waals surface area contributed by atoms with Crippen molar-refractivity contribution in [3.05, 3.63) is 68.8 Å². The Bertz CT molecular complexity index is 809. The Balaban J connectivity index is 1.83. The fraction of sp³-hybridized carbons (Fsp3) is 0.0625. The van der Waals surface area contributed by atoms with Crippen molar-refractivity contribution in [3.8, 4) is 0 Å². The SMILES string of the molecule is O=C1S/C(=C\c2ccncc2)C(=O)N1Cc1ccc(Cl)cc1Cl. The molecule has 4 nitrogen and oxygen atoms in total. The molecule has 116 valence electrons. The number of thioether (sulfide) groups is 1. The standard InChI is InChI=1S/C16H10Cl2N2O2S/c17-12-2-1-11(13(18)8-12)9-20-15(21)14(23-16(20)22)7-10-3-5-19-6-4-10/h1-8H,9H2/b14-7-. The van der Waals surface area contributed by atoms with Crippen LogP contribution in [0.15, 0.2) is 47.6 Å². The highest BCUT2D eigenvalue weighted by atomic mass is 35.5. The zero-order valence-corrected chi connectivity index (χ0v) is 14.0. The summed E-state index contributed by atoms with van der Waals surface area (Å²) in [6.45, 7) is 0.119. The number of aromatic nitrogens is 1. The van der Waals surface area contributed by atoms with Gasteiger partial charge in [0.2, 0.25) is 0 Å². The molecule has 0 unspecified atom stereocenters. The van der Waals surface area contributed by atoms with E-state index in [1.165, 1.54) is 4.90 Å². The fourth-order valence-electron chi connectivity index (χ4n) is 2.07. The molecular weight excluding hydrogens is 355 g/mol. The van der Waals surface area contributed by atoms with Gasteiger partial charge in [0.25, 0.3) is 11.1 Å². The van der Waals surface area contributed by atoms with E-state index in [9.17, 15) is 9.59 Å². The first-order valence-electron chi connectivity index (χ1n) is 6.64. The van der Waals surface area contributed by atoms with E-state index in [2.05, 4.69) is 4.98 Å². The van der Waals surface area contributed by atoms with Crippen LogP contribution in [0, 0.1) is 0 Å². The first kappa shape index (κ1) is 16.1. The van der Waals surface area contributed by atoms with Gasteiger partial charge in [-0.3, -0.25) is 19.5 Å². The van der Waals surface area contributed by atoms with Crippen molar-refractivity contribution in [2.75, 3.05) is 0 Å². The van der Waals surface area contributed by atoms with Gasteiger partial charge in [-0.05, 0) is 53.2 Å². The van der Waals surface area contributed by atoms with Gasteiger partial charge < -0.3 is 0 Å². The zero-order valence-electron chi connectivity index (χ0n) is 11.7. The smallest absolute Gasteiger partial charge is 0.268 e. The van der Waals surface area contributed by atoms with Crippen LogP contribution in [0.2, 0.25) is 10.0 Å². The van der Waals surface area contributed by atoms with Crippen molar-refractivity contribution >= 4 is 52.2 Å². The predicted octanol–water partition coefficient (Wildman–Crippen LogP) is 4.62. The van der Waals surface area contributed by atoms with Gasteiger partial charge in [0, 0.05) is 22.4 Å². The third-order valence-corrected chi connectivity index (χ3v) is 4.72. The Hall–Kier alpha value is -1.82. The van der Waals surface area contributed by atoms with E-state index in [-0.39, 0.29) is 17.7 Å². The molecule has 7 heteroatoms. The zero-order chi connectivity index (χ0) is 16.4. The molecule has 1 aliphatic heterocycles. The molecule has 23 heavy (non-hydrogen) atoms. The first-order valence-corrected chi connectivity index (χ1v) is 8.21. The topological polar surface area (TPSA) is 50.3 Å². The van der Waals surface area contributed by atoms with Crippen molar-refractivity contribution in [2.45, 2.75) is 6.54 Å². The number of nitrogens with zero attached hydrogens (tertiary/aromatic N) is 2. The Morgan fingerprint density at radius 3 is 2.57 bits per heavy atom. The molecule has 1 fully saturated rings. The normalized spacial score (nSPS) is 16.4. The van der Waals surface area contributed by atoms with E-state index >= 15 is 0 Å². The van der Waals surface area contributed by atoms with E-state index in [1.807, 2.05) is 0 Å². The average molecular weight is 365 g/mol. The minimum atomic E-state index is -0.331. The molecule has 1 aliphatic rings. The van der Waals surface area contributed by atoms with E-state index < -0.39 is 0 Å². The number of hydrogen-bond acceptors (Lipinski definition) is 4. The van der Waals surface area contributed by atoms with Crippen LogP contribution in [0.1, 0.15) is 11.1 Å². The molecule has 3 rings (SSSR count). The lowest BCUT2D eigenvalue weighted by atomic mass is 10.2. The summed E-state index contributed by atoms with van der Waals surface area (Å²) in [5.74, 6) is -0.331. The minimum Gasteiger partial charge on any atom is -0.268 e. The van der Waals surface area contributed by atoms with E-state index in [4.69, 9.17) is 23.2 Å². The lowest BCUT2D eigenvalue weighted by molar-refractivity contribution is -0.123. The van der Waals surface area contributed by atoms with Gasteiger partial charge in [-0.25, -0.2) is 0 Å². The van der Waals surface area contributed by atoms with Crippen LogP contribution < -0.4 is 0 Å². The number of imide groups is 1. The summed E-state index contributed by atoms with van der Waals surface area (Å²) in [5.41, 5.74) is 1.48. The van der Waals surface area contributed by atoms with Gasteiger partial charge >= 0.3 is 0 Å². The van der Waals surface area contributed by atoms with Crippen molar-refractivity contribution in [1.29, 1.82) is 0 Å². The van der Waals surface area contributed by atoms with Gasteiger partial charge in [0.15, 0.2) is 0 Å². The molecule has 0 aliphatic carbocycles. The second-order valence-corrected chi connectivity index (χ2v) is 6.62. The Morgan fingerprint density at radius 1 is 1.13 bits per heavy atom. The molecule has 0 spiro atoms. The number of benzene rings is 1. The number of pyridine rings is 1. The molecule has 0 atom stereocenters. The summed E-state index contributed by atoms with van der Waals surface area (Å²) in [5, 5.41) is 0.612. The average Bonchev–Trinajstić information content (AvgIpc) is 2.78. The van der Waals surface area contributed by atoms with E-state index in [1.54, 1.807) is 48.8 Å². The third kappa shape index (κ3) is 3.58. The number of amides is 2. The summed E-state index contributed by atoms with van der Waals surface area (Å²) < 4.78 is 0. The highest BCUT2D eigenvalue weighted by molar-refractivity contribution is 8.18. The quantitative estimate of drug-likeness (QED) is 0.745. The van der Waals surface area contributed by atoms with Crippen molar-refractivity contribution in [1.82, 2.24) is 9.88 Å². The van der Waals surface area contributed by atoms with E-state index in [0.29, 0.717) is 20.5 Å². The van der Waals surface area contributed by atoms with Crippen molar-refractivity contribution in [2.24, 2.45) is 0 Å². The van der Waals surface area contributed by atoms with Gasteiger partial charge in [-0.1, -0.05) is 29.3 Å². The highest BCUT2D eigenvalue weighted by Crippen LogP contribution is 2.34. The maximum absolute atomic E-state index is 12.4. The summed E-state index contributed by atoms with van der Waals surface area (Å²) in [7, 11) is 0. The third-order valence-electron chi connectivity index (χ3n) is 3.22. The molecule has 0 N–H and O–H groups in total. The monoisotopic (exact) mass is 364 g/mol. The summed E-state index contributed by atoms with van der Waals surface area (Å²) in [6.07, 6.45) is 4.93. The maximum atomic E-state index is 12.4. The van der Waals surface area contributed by atoms with Crippen LogP contribution in [0.4, 0.5) is 4.79 Å². The maximum Gasteiger partial charge on any atom is 0.293 e. The molecule has 0 bridgehead atoms. The molecular formula is C16H10Cl2N2O2S. The molecule has 2 amide bonds. The highest BCUT2D eigenvalue weighted by Gasteiger charge is 2.35. The molecule has 2 heterocycles. The van der Waals surface area contributed by atoms with Gasteiger partial charge in [0.05, 0.1) is 11.4 Å². The molecule has 0 saturated carbocycles. The number of rotatable bonds is 3. The van der Waals surface area contributed by atoms with Crippen LogP contribution in [0.3, 0.4) is 0 Å². The number of carbonyl (C=O) groups is 2. The van der Waals surface area contributed by atoms with Crippen LogP contribution in [0.25, 0.3) is 6.08 Å². The Labute approximate surface area is 147 Å². The molecule has 2 aromatic rings. The van der Waals surface area contributed by atoms with Crippen LogP contribution in [0.5, 0.6) is 0 Å². The van der Waals surface area contributed by atoms with Crippen molar-refractivity contribution < 1.29 is 9.59 Å². The lowest BCUT2D eigenvalue weighted by Crippen LogP contribution is -2.27. The molecule has 1 aromatic heterocycles. The molecule has 0 radical (unpaired) electrons. The minimum absolute atomic E-state index is 0.119. The number of carbonyl (C=O) groups excluding carboxylic acids is 2. The van der Waals surface area contributed by atoms with Crippen molar-refractivity contribution in [3.63, 3.8) is 0 Å². The van der Waals surface area contributed by atoms with Gasteiger partial charge in [0.1, 0.15) is 0 Å². The van der Waals surface area contributed by atoms with Gasteiger partial charge in [-0.2, -0.15) is 0 Å². The van der Waals surface area contributed by atoms with Crippen LogP contribution >= 0.6 is 35.0 Å². The second kappa shape index (κ2) is 6.74. The van der Waals surface area contributed by atoms with E-state index in [0.717, 1.165) is 17.3 Å². The lowest BCUT2D eigenvalue weighted by Gasteiger charge is -2.13. The van der Waals surface area contributed by atoms with Gasteiger partial charge in [-0.15, -0.1) is 0 Å². The first-order chi connectivity index (χ1) is 11.0. The van der Waals surface area contributed by atoms with Crippen LogP contribution in [-0.2, 0) is 11.3 Å². The largest absolute Gasteiger partial charge is 0.293 e. The number of halogens is 2. The molecule has 1 aromatic carbocycles. The summed E-state index contributed by atoms with van der Waals surface area (Å²) in [6, 6.07) is 8.51.